The quantitative estimate of drug-likeness (QED) is 0.889. The van der Waals surface area contributed by atoms with Crippen LogP contribution in [0.5, 0.6) is 0 Å². The second kappa shape index (κ2) is 8.10. The average Bonchev–Trinajstić information content (AvgIpc) is 2.88. The zero-order chi connectivity index (χ0) is 15.4. The maximum Gasteiger partial charge on any atom is 0.255 e. The van der Waals surface area contributed by atoms with Gasteiger partial charge in [0.05, 0.1) is 18.8 Å². The number of hydrogen-bond acceptors (Lipinski definition) is 4. The van der Waals surface area contributed by atoms with Crippen LogP contribution >= 0.6 is 12.4 Å². The summed E-state index contributed by atoms with van der Waals surface area (Å²) in [5.41, 5.74) is 2.01. The first-order chi connectivity index (χ1) is 10.7. The van der Waals surface area contributed by atoms with Crippen molar-refractivity contribution in [2.24, 2.45) is 0 Å². The van der Waals surface area contributed by atoms with Gasteiger partial charge in [-0.2, -0.15) is 5.10 Å². The molecule has 1 saturated heterocycles. The Morgan fingerprint density at radius 1 is 1.43 bits per heavy atom. The van der Waals surface area contributed by atoms with Gasteiger partial charge in [0.1, 0.15) is 11.9 Å². The molecule has 23 heavy (non-hydrogen) atoms. The molecule has 1 aliphatic rings. The van der Waals surface area contributed by atoms with Crippen molar-refractivity contribution in [3.05, 3.63) is 47.7 Å². The zero-order valence-corrected chi connectivity index (χ0v) is 13.8. The van der Waals surface area contributed by atoms with E-state index in [2.05, 4.69) is 15.7 Å². The van der Waals surface area contributed by atoms with Crippen LogP contribution in [-0.2, 0) is 16.1 Å². The van der Waals surface area contributed by atoms with Gasteiger partial charge in [-0.1, -0.05) is 30.3 Å². The minimum Gasteiger partial charge on any atom is -0.366 e. The third kappa shape index (κ3) is 4.54. The Balaban J connectivity index is 0.00000192. The summed E-state index contributed by atoms with van der Waals surface area (Å²) in [5, 5.41) is 10.5. The largest absolute Gasteiger partial charge is 0.366 e. The van der Waals surface area contributed by atoms with Gasteiger partial charge >= 0.3 is 0 Å². The summed E-state index contributed by atoms with van der Waals surface area (Å²) in [6, 6.07) is 11.9. The van der Waals surface area contributed by atoms with Crippen LogP contribution in [0.15, 0.2) is 36.4 Å². The summed E-state index contributed by atoms with van der Waals surface area (Å²) in [5.74, 6) is 0.557. The lowest BCUT2D eigenvalue weighted by Crippen LogP contribution is -2.45. The molecule has 1 amide bonds. The number of amides is 1. The number of hydrogen-bond donors (Lipinski definition) is 2. The Morgan fingerprint density at radius 2 is 2.22 bits per heavy atom. The highest BCUT2D eigenvalue weighted by Crippen LogP contribution is 2.14. The smallest absolute Gasteiger partial charge is 0.255 e. The van der Waals surface area contributed by atoms with E-state index in [4.69, 9.17) is 4.74 Å². The molecule has 3 rings (SSSR count). The van der Waals surface area contributed by atoms with Crippen molar-refractivity contribution in [1.82, 2.24) is 15.1 Å². The molecule has 2 N–H and O–H groups in total. The lowest BCUT2D eigenvalue weighted by molar-refractivity contribution is -0.128. The summed E-state index contributed by atoms with van der Waals surface area (Å²) in [6.45, 7) is 4.41. The minimum absolute atomic E-state index is 0. The first-order valence-electron chi connectivity index (χ1n) is 7.44. The van der Waals surface area contributed by atoms with Gasteiger partial charge in [-0.15, -0.1) is 12.4 Å². The fourth-order valence-electron chi connectivity index (χ4n) is 2.46. The van der Waals surface area contributed by atoms with E-state index in [-0.39, 0.29) is 18.3 Å². The van der Waals surface area contributed by atoms with Gasteiger partial charge in [0.25, 0.3) is 5.91 Å². The van der Waals surface area contributed by atoms with Gasteiger partial charge < -0.3 is 15.4 Å². The molecule has 1 aromatic heterocycles. The number of nitrogens with one attached hydrogen (secondary N) is 2. The van der Waals surface area contributed by atoms with Crippen LogP contribution in [0.1, 0.15) is 11.3 Å². The highest BCUT2D eigenvalue weighted by atomic mass is 35.5. The number of carbonyl (C=O) groups excluding carboxylic acids is 1. The molecule has 0 aliphatic carbocycles. The molecular weight excluding hydrogens is 316 g/mol. The Hall–Kier alpha value is -1.89. The first-order valence-corrected chi connectivity index (χ1v) is 7.44. The van der Waals surface area contributed by atoms with Crippen LogP contribution in [0.2, 0.25) is 0 Å². The van der Waals surface area contributed by atoms with Crippen molar-refractivity contribution in [2.75, 3.05) is 25.0 Å². The molecule has 1 aromatic carbocycles. The molecule has 1 unspecified atom stereocenters. The second-order valence-electron chi connectivity index (χ2n) is 5.37. The molecule has 0 radical (unpaired) electrons. The molecule has 124 valence electrons. The standard InChI is InChI=1S/C16H20N4O2.ClH/c1-12-9-15(18-16(21)14-10-17-7-8-22-14)20(19-12)11-13-5-3-2-4-6-13;/h2-6,9,14,17H,7-8,10-11H2,1H3,(H,18,21);1H. The van der Waals surface area contributed by atoms with Crippen molar-refractivity contribution in [3.8, 4) is 0 Å². The predicted octanol–water partition coefficient (Wildman–Crippen LogP) is 1.59. The Bertz CT molecular complexity index is 639. The summed E-state index contributed by atoms with van der Waals surface area (Å²) < 4.78 is 7.28. The van der Waals surface area contributed by atoms with E-state index in [9.17, 15) is 4.79 Å². The van der Waals surface area contributed by atoms with Gasteiger partial charge in [-0.25, -0.2) is 4.68 Å². The third-order valence-corrected chi connectivity index (χ3v) is 3.55. The maximum atomic E-state index is 12.3. The summed E-state index contributed by atoms with van der Waals surface area (Å²) >= 11 is 0. The normalized spacial score (nSPS) is 17.3. The second-order valence-corrected chi connectivity index (χ2v) is 5.37. The number of aromatic nitrogens is 2. The summed E-state index contributed by atoms with van der Waals surface area (Å²) in [7, 11) is 0. The lowest BCUT2D eigenvalue weighted by Gasteiger charge is -2.22. The van der Waals surface area contributed by atoms with Gasteiger partial charge in [0.15, 0.2) is 0 Å². The molecule has 6 nitrogen and oxygen atoms in total. The number of rotatable bonds is 4. The molecule has 7 heteroatoms. The van der Waals surface area contributed by atoms with Crippen LogP contribution in [-0.4, -0.2) is 41.5 Å². The fourth-order valence-corrected chi connectivity index (χ4v) is 2.46. The average molecular weight is 337 g/mol. The highest BCUT2D eigenvalue weighted by Gasteiger charge is 2.23. The van der Waals surface area contributed by atoms with Crippen LogP contribution in [0.25, 0.3) is 0 Å². The van der Waals surface area contributed by atoms with Gasteiger partial charge in [0.2, 0.25) is 0 Å². The molecule has 2 heterocycles. The molecule has 0 spiro atoms. The number of anilines is 1. The number of benzene rings is 1. The van der Waals surface area contributed by atoms with Crippen molar-refractivity contribution < 1.29 is 9.53 Å². The number of carbonyl (C=O) groups is 1. The minimum atomic E-state index is -0.450. The molecule has 2 aromatic rings. The van der Waals surface area contributed by atoms with Gasteiger partial charge in [-0.05, 0) is 12.5 Å². The van der Waals surface area contributed by atoms with E-state index in [1.165, 1.54) is 0 Å². The SMILES string of the molecule is Cc1cc(NC(=O)C2CNCCO2)n(Cc2ccccc2)n1.Cl. The van der Waals surface area contributed by atoms with Crippen LogP contribution in [0, 0.1) is 6.92 Å². The first kappa shape index (κ1) is 17.5. The maximum absolute atomic E-state index is 12.3. The van der Waals surface area contributed by atoms with Crippen molar-refractivity contribution in [1.29, 1.82) is 0 Å². The molecule has 1 aliphatic heterocycles. The van der Waals surface area contributed by atoms with Crippen LogP contribution in [0.4, 0.5) is 5.82 Å². The molecular formula is C16H21ClN4O2. The lowest BCUT2D eigenvalue weighted by atomic mass is 10.2. The molecule has 0 saturated carbocycles. The van der Waals surface area contributed by atoms with E-state index in [1.807, 2.05) is 43.3 Å². The van der Waals surface area contributed by atoms with Crippen molar-refractivity contribution in [3.63, 3.8) is 0 Å². The van der Waals surface area contributed by atoms with E-state index in [0.717, 1.165) is 17.8 Å². The van der Waals surface area contributed by atoms with Crippen LogP contribution in [0.3, 0.4) is 0 Å². The zero-order valence-electron chi connectivity index (χ0n) is 13.0. The van der Waals surface area contributed by atoms with E-state index in [1.54, 1.807) is 4.68 Å². The van der Waals surface area contributed by atoms with Crippen molar-refractivity contribution in [2.45, 2.75) is 19.6 Å². The summed E-state index contributed by atoms with van der Waals surface area (Å²) in [6.07, 6.45) is -0.450. The topological polar surface area (TPSA) is 68.2 Å². The Labute approximate surface area is 141 Å². The number of nitrogens with zero attached hydrogens (tertiary/aromatic N) is 2. The Kier molecular flexibility index (Phi) is 6.15. The molecule has 0 bridgehead atoms. The van der Waals surface area contributed by atoms with Gasteiger partial charge in [-0.3, -0.25) is 4.79 Å². The monoisotopic (exact) mass is 336 g/mol. The molecule has 1 fully saturated rings. The number of aryl methyl sites for hydroxylation is 1. The van der Waals surface area contributed by atoms with Crippen LogP contribution < -0.4 is 10.6 Å². The van der Waals surface area contributed by atoms with E-state index < -0.39 is 6.10 Å². The summed E-state index contributed by atoms with van der Waals surface area (Å²) in [4.78, 5) is 12.3. The fraction of sp³-hybridized carbons (Fsp3) is 0.375. The highest BCUT2D eigenvalue weighted by molar-refractivity contribution is 5.93. The number of ether oxygens (including phenoxy) is 1. The number of morpholine rings is 1. The van der Waals surface area contributed by atoms with Crippen molar-refractivity contribution >= 4 is 24.1 Å². The predicted molar refractivity (Wildman–Crippen MR) is 91.0 cm³/mol. The third-order valence-electron chi connectivity index (χ3n) is 3.55. The van der Waals surface area contributed by atoms with E-state index >= 15 is 0 Å². The van der Waals surface area contributed by atoms with Gasteiger partial charge in [0, 0.05) is 19.2 Å². The number of halogens is 1. The molecule has 1 atom stereocenters. The van der Waals surface area contributed by atoms with E-state index in [0.29, 0.717) is 25.5 Å². The Morgan fingerprint density at radius 3 is 2.91 bits per heavy atom.